The molecule has 1 aromatic heterocycles. The number of benzene rings is 1. The number of ether oxygens (including phenoxy) is 2. The summed E-state index contributed by atoms with van der Waals surface area (Å²) in [5.41, 5.74) is 0.512. The third kappa shape index (κ3) is 4.31. The van der Waals surface area contributed by atoms with Crippen molar-refractivity contribution >= 4 is 23.3 Å². The fourth-order valence-corrected chi connectivity index (χ4v) is 4.28. The summed E-state index contributed by atoms with van der Waals surface area (Å²) in [6, 6.07) is 4.23. The highest BCUT2D eigenvalue weighted by molar-refractivity contribution is 5.70. The van der Waals surface area contributed by atoms with Gasteiger partial charge in [0.2, 0.25) is 5.88 Å². The van der Waals surface area contributed by atoms with Crippen LogP contribution in [0.15, 0.2) is 24.5 Å². The van der Waals surface area contributed by atoms with Crippen LogP contribution in [0, 0.1) is 19.3 Å². The smallest absolute Gasteiger partial charge is 0.410 e. The van der Waals surface area contributed by atoms with E-state index in [0.717, 1.165) is 12.8 Å². The Labute approximate surface area is 186 Å². The van der Waals surface area contributed by atoms with E-state index in [2.05, 4.69) is 20.1 Å². The van der Waals surface area contributed by atoms with Crippen LogP contribution in [-0.4, -0.2) is 44.7 Å². The van der Waals surface area contributed by atoms with Crippen molar-refractivity contribution in [1.82, 2.24) is 14.9 Å². The van der Waals surface area contributed by atoms with E-state index in [1.807, 2.05) is 20.8 Å². The zero-order valence-corrected chi connectivity index (χ0v) is 18.6. The Balaban J connectivity index is 1.49. The highest BCUT2D eigenvalue weighted by atomic mass is 19.1. The maximum Gasteiger partial charge on any atom is 0.410 e. The van der Waals surface area contributed by atoms with Crippen LogP contribution in [0.4, 0.5) is 26.4 Å². The van der Waals surface area contributed by atoms with Gasteiger partial charge in [0.05, 0.1) is 23.9 Å². The van der Waals surface area contributed by atoms with Crippen LogP contribution in [0.1, 0.15) is 45.6 Å². The van der Waals surface area contributed by atoms with Crippen molar-refractivity contribution in [3.63, 3.8) is 0 Å². The number of halogens is 1. The number of carbonyl (C=O) groups excluding carboxylic acids is 1. The number of rotatable bonds is 4. The molecule has 8 nitrogen and oxygen atoms in total. The maximum atomic E-state index is 14.3. The molecule has 1 N–H and O–H groups in total. The highest BCUT2D eigenvalue weighted by Gasteiger charge is 2.51. The van der Waals surface area contributed by atoms with E-state index in [4.69, 9.17) is 16.0 Å². The fourth-order valence-electron chi connectivity index (χ4n) is 4.28. The summed E-state index contributed by atoms with van der Waals surface area (Å²) in [7, 11) is 0. The van der Waals surface area contributed by atoms with Crippen LogP contribution >= 0.6 is 0 Å². The van der Waals surface area contributed by atoms with Crippen molar-refractivity contribution < 1.29 is 18.7 Å². The van der Waals surface area contributed by atoms with Crippen molar-refractivity contribution in [3.8, 4) is 5.88 Å². The van der Waals surface area contributed by atoms with Crippen LogP contribution in [0.25, 0.3) is 4.85 Å². The van der Waals surface area contributed by atoms with Crippen LogP contribution in [-0.2, 0) is 4.74 Å². The normalized spacial score (nSPS) is 21.9. The Morgan fingerprint density at radius 1 is 1.31 bits per heavy atom. The van der Waals surface area contributed by atoms with E-state index in [9.17, 15) is 9.18 Å². The molecule has 2 saturated heterocycles. The van der Waals surface area contributed by atoms with E-state index < -0.39 is 11.4 Å². The summed E-state index contributed by atoms with van der Waals surface area (Å²) in [5.74, 6) is 0.263. The molecule has 2 unspecified atom stereocenters. The zero-order valence-electron chi connectivity index (χ0n) is 18.6. The molecule has 9 heteroatoms. The molecule has 168 valence electrons. The first-order chi connectivity index (χ1) is 15.2. The van der Waals surface area contributed by atoms with E-state index in [1.165, 1.54) is 24.5 Å². The Kier molecular flexibility index (Phi) is 5.63. The second kappa shape index (κ2) is 8.26. The van der Waals surface area contributed by atoms with Gasteiger partial charge in [-0.3, -0.25) is 4.90 Å². The van der Waals surface area contributed by atoms with Crippen molar-refractivity contribution in [3.05, 3.63) is 47.3 Å². The van der Waals surface area contributed by atoms with Crippen LogP contribution in [0.2, 0.25) is 0 Å². The third-order valence-electron chi connectivity index (χ3n) is 5.72. The molecular weight excluding hydrogens is 413 g/mol. The second-order valence-corrected chi connectivity index (χ2v) is 9.13. The molecular formula is C23H26FN5O3. The van der Waals surface area contributed by atoms with Gasteiger partial charge in [-0.25, -0.2) is 24.0 Å². The predicted octanol–water partition coefficient (Wildman–Crippen LogP) is 5.14. The highest BCUT2D eigenvalue weighted by Crippen LogP contribution is 2.41. The first-order valence-corrected chi connectivity index (χ1v) is 10.6. The Hall–Kier alpha value is -3.41. The zero-order chi connectivity index (χ0) is 23.0. The lowest BCUT2D eigenvalue weighted by Crippen LogP contribution is -2.42. The molecule has 4 rings (SSSR count). The molecule has 0 spiro atoms. The van der Waals surface area contributed by atoms with Gasteiger partial charge in [-0.1, -0.05) is 6.07 Å². The molecule has 2 aliphatic heterocycles. The van der Waals surface area contributed by atoms with Gasteiger partial charge in [0.25, 0.3) is 0 Å². The van der Waals surface area contributed by atoms with Gasteiger partial charge in [0.15, 0.2) is 5.69 Å². The van der Waals surface area contributed by atoms with Crippen LogP contribution in [0.3, 0.4) is 0 Å². The number of hydrogen-bond donors (Lipinski definition) is 1. The number of nitrogens with one attached hydrogen (secondary N) is 1. The average molecular weight is 439 g/mol. The van der Waals surface area contributed by atoms with Crippen molar-refractivity contribution in [2.45, 2.75) is 70.7 Å². The molecule has 2 fully saturated rings. The van der Waals surface area contributed by atoms with Crippen molar-refractivity contribution in [1.29, 1.82) is 0 Å². The van der Waals surface area contributed by atoms with Crippen LogP contribution in [0.5, 0.6) is 5.88 Å². The Morgan fingerprint density at radius 2 is 2.09 bits per heavy atom. The van der Waals surface area contributed by atoms with Gasteiger partial charge in [-0.05, 0) is 52.7 Å². The quantitative estimate of drug-likeness (QED) is 0.665. The van der Waals surface area contributed by atoms with Gasteiger partial charge >= 0.3 is 6.09 Å². The summed E-state index contributed by atoms with van der Waals surface area (Å²) in [6.07, 6.45) is 3.34. The molecule has 32 heavy (non-hydrogen) atoms. The minimum Gasteiger partial charge on any atom is -0.472 e. The number of carbonyl (C=O) groups is 1. The minimum atomic E-state index is -0.554. The lowest BCUT2D eigenvalue weighted by atomic mass is 9.98. The predicted molar refractivity (Wildman–Crippen MR) is 117 cm³/mol. The number of nitrogens with zero attached hydrogens (tertiary/aromatic N) is 4. The maximum absolute atomic E-state index is 14.3. The summed E-state index contributed by atoms with van der Waals surface area (Å²) >= 11 is 0. The van der Waals surface area contributed by atoms with E-state index >= 15 is 0 Å². The minimum absolute atomic E-state index is 0.0702. The standard InChI is InChI=1S/C23H26FN5O3/c1-13-20(28-17-8-6-14(25-5)10-16(17)24)26-12-27-21(13)31-19-11-15-7-9-18(19)29(15)22(30)32-23(2,3)4/h6,8,10,12,15,18-19H,7,9,11H2,1-4H3,(H,26,27,28)/t15?,18?,19-/m0/s1. The molecule has 1 aromatic carbocycles. The van der Waals surface area contributed by atoms with Crippen molar-refractivity contribution in [2.24, 2.45) is 0 Å². The van der Waals surface area contributed by atoms with Gasteiger partial charge in [0.1, 0.15) is 29.7 Å². The van der Waals surface area contributed by atoms with Gasteiger partial charge in [-0.15, -0.1) is 0 Å². The number of hydrogen-bond acceptors (Lipinski definition) is 6. The number of amides is 1. The first-order valence-electron chi connectivity index (χ1n) is 10.6. The number of anilines is 2. The molecule has 2 aromatic rings. The lowest BCUT2D eigenvalue weighted by Gasteiger charge is -2.28. The molecule has 0 radical (unpaired) electrons. The topological polar surface area (TPSA) is 80.9 Å². The fraction of sp³-hybridized carbons (Fsp3) is 0.478. The van der Waals surface area contributed by atoms with E-state index in [-0.39, 0.29) is 35.7 Å². The Morgan fingerprint density at radius 3 is 2.78 bits per heavy atom. The molecule has 1 amide bonds. The number of fused-ring (bicyclic) bond motifs is 2. The van der Waals surface area contributed by atoms with E-state index in [1.54, 1.807) is 11.8 Å². The summed E-state index contributed by atoms with van der Waals surface area (Å²) < 4.78 is 26.1. The van der Waals surface area contributed by atoms with E-state index in [0.29, 0.717) is 23.7 Å². The molecule has 3 heterocycles. The first kappa shape index (κ1) is 21.8. The second-order valence-electron chi connectivity index (χ2n) is 9.13. The molecule has 3 atom stereocenters. The lowest BCUT2D eigenvalue weighted by molar-refractivity contribution is 0.0180. The largest absolute Gasteiger partial charge is 0.472 e. The van der Waals surface area contributed by atoms with Gasteiger partial charge in [-0.2, -0.15) is 0 Å². The SMILES string of the molecule is [C-]#[N+]c1ccc(Nc2ncnc(O[C@H]3CC4CCC3N4C(=O)OC(C)(C)C)c2C)c(F)c1. The molecule has 0 saturated carbocycles. The summed E-state index contributed by atoms with van der Waals surface area (Å²) in [4.78, 5) is 26.2. The van der Waals surface area contributed by atoms with Crippen LogP contribution < -0.4 is 10.1 Å². The van der Waals surface area contributed by atoms with Gasteiger partial charge in [0, 0.05) is 12.5 Å². The monoisotopic (exact) mass is 439 g/mol. The van der Waals surface area contributed by atoms with Gasteiger partial charge < -0.3 is 14.8 Å². The summed E-state index contributed by atoms with van der Waals surface area (Å²) in [5, 5.41) is 2.95. The average Bonchev–Trinajstić information content (AvgIpc) is 3.29. The molecule has 2 bridgehead atoms. The Bertz CT molecular complexity index is 1080. The van der Waals surface area contributed by atoms with Crippen molar-refractivity contribution in [2.75, 3.05) is 5.32 Å². The molecule has 2 aliphatic rings. The molecule has 0 aliphatic carbocycles. The number of aromatic nitrogens is 2. The third-order valence-corrected chi connectivity index (χ3v) is 5.72. The summed E-state index contributed by atoms with van der Waals surface area (Å²) in [6.45, 7) is 14.3.